The molecule has 0 atom stereocenters. The van der Waals surface area contributed by atoms with E-state index in [1.165, 1.54) is 16.0 Å². The first-order valence-corrected chi connectivity index (χ1v) is 6.69. The number of nitrogens with zero attached hydrogens (tertiary/aromatic N) is 1. The van der Waals surface area contributed by atoms with Crippen molar-refractivity contribution in [3.8, 4) is 0 Å². The van der Waals surface area contributed by atoms with Gasteiger partial charge in [-0.25, -0.2) is 4.98 Å². The molecule has 2 nitrogen and oxygen atoms in total. The summed E-state index contributed by atoms with van der Waals surface area (Å²) in [5.74, 6) is 0.553. The van der Waals surface area contributed by atoms with Crippen molar-refractivity contribution in [1.29, 1.82) is 0 Å². The third-order valence-corrected chi connectivity index (χ3v) is 3.92. The highest BCUT2D eigenvalue weighted by Crippen LogP contribution is 2.27. The molecule has 0 aliphatic heterocycles. The van der Waals surface area contributed by atoms with Gasteiger partial charge in [0.05, 0.1) is 5.69 Å². The van der Waals surface area contributed by atoms with Crippen molar-refractivity contribution in [3.63, 3.8) is 0 Å². The van der Waals surface area contributed by atoms with E-state index in [-0.39, 0.29) is 0 Å². The summed E-state index contributed by atoms with van der Waals surface area (Å²) in [4.78, 5) is 5.55. The van der Waals surface area contributed by atoms with Crippen LogP contribution in [0.4, 0.5) is 5.13 Å². The molecule has 1 aromatic carbocycles. The van der Waals surface area contributed by atoms with Gasteiger partial charge in [0.1, 0.15) is 0 Å². The molecular weight excluding hydrogens is 228 g/mol. The highest BCUT2D eigenvalue weighted by molar-refractivity contribution is 7.15. The van der Waals surface area contributed by atoms with Crippen molar-refractivity contribution in [2.24, 2.45) is 0 Å². The molecule has 0 fully saturated rings. The molecule has 0 aliphatic rings. The van der Waals surface area contributed by atoms with Crippen LogP contribution in [0.25, 0.3) is 0 Å². The van der Waals surface area contributed by atoms with Crippen molar-refractivity contribution in [2.45, 2.75) is 33.1 Å². The van der Waals surface area contributed by atoms with Crippen molar-refractivity contribution in [3.05, 3.63) is 46.0 Å². The molecule has 17 heavy (non-hydrogen) atoms. The van der Waals surface area contributed by atoms with Crippen molar-refractivity contribution in [1.82, 2.24) is 4.98 Å². The average Bonchev–Trinajstić information content (AvgIpc) is 2.58. The SMILES string of the molecule is Cc1nc(N)sc1Cc1ccccc1C(C)C. The van der Waals surface area contributed by atoms with Crippen LogP contribution >= 0.6 is 11.3 Å². The number of nitrogens with two attached hydrogens (primary N) is 1. The van der Waals surface area contributed by atoms with Crippen molar-refractivity contribution < 1.29 is 0 Å². The van der Waals surface area contributed by atoms with Crippen LogP contribution in [0.3, 0.4) is 0 Å². The number of hydrogen-bond acceptors (Lipinski definition) is 3. The molecule has 0 unspecified atom stereocenters. The van der Waals surface area contributed by atoms with E-state index in [9.17, 15) is 0 Å². The summed E-state index contributed by atoms with van der Waals surface area (Å²) in [5, 5.41) is 0.666. The summed E-state index contributed by atoms with van der Waals surface area (Å²) in [7, 11) is 0. The van der Waals surface area contributed by atoms with Gasteiger partial charge in [-0.05, 0) is 24.0 Å². The number of benzene rings is 1. The molecule has 3 heteroatoms. The molecule has 1 aromatic heterocycles. The van der Waals surface area contributed by atoms with E-state index in [0.717, 1.165) is 12.1 Å². The maximum absolute atomic E-state index is 5.74. The van der Waals surface area contributed by atoms with E-state index in [2.05, 4.69) is 43.1 Å². The molecule has 2 aromatic rings. The molecule has 1 heterocycles. The second-order valence-corrected chi connectivity index (χ2v) is 5.71. The summed E-state index contributed by atoms with van der Waals surface area (Å²) in [6.07, 6.45) is 0.940. The highest BCUT2D eigenvalue weighted by Gasteiger charge is 2.10. The molecule has 0 aliphatic carbocycles. The van der Waals surface area contributed by atoms with Gasteiger partial charge >= 0.3 is 0 Å². The van der Waals surface area contributed by atoms with E-state index < -0.39 is 0 Å². The summed E-state index contributed by atoms with van der Waals surface area (Å²) in [5.41, 5.74) is 9.60. The van der Waals surface area contributed by atoms with Gasteiger partial charge < -0.3 is 5.73 Å². The van der Waals surface area contributed by atoms with Crippen molar-refractivity contribution >= 4 is 16.5 Å². The zero-order valence-electron chi connectivity index (χ0n) is 10.5. The fourth-order valence-electron chi connectivity index (χ4n) is 2.05. The van der Waals surface area contributed by atoms with Gasteiger partial charge in [0.15, 0.2) is 5.13 Å². The predicted octanol–water partition coefficient (Wildman–Crippen LogP) is 3.75. The Morgan fingerprint density at radius 2 is 2.00 bits per heavy atom. The Kier molecular flexibility index (Phi) is 3.48. The average molecular weight is 246 g/mol. The summed E-state index contributed by atoms with van der Waals surface area (Å²) >= 11 is 1.60. The van der Waals surface area contributed by atoms with Gasteiger partial charge in [-0.1, -0.05) is 38.1 Å². The van der Waals surface area contributed by atoms with E-state index in [1.54, 1.807) is 11.3 Å². The molecular formula is C14H18N2S. The standard InChI is InChI=1S/C14H18N2S/c1-9(2)12-7-5-4-6-11(12)8-13-10(3)16-14(15)17-13/h4-7,9H,8H2,1-3H3,(H2,15,16). The quantitative estimate of drug-likeness (QED) is 0.895. The number of aromatic nitrogens is 1. The monoisotopic (exact) mass is 246 g/mol. The van der Waals surface area contributed by atoms with E-state index >= 15 is 0 Å². The Bertz CT molecular complexity index is 515. The fourth-order valence-corrected chi connectivity index (χ4v) is 2.90. The number of hydrogen-bond donors (Lipinski definition) is 1. The van der Waals surface area contributed by atoms with Crippen LogP contribution < -0.4 is 5.73 Å². The van der Waals surface area contributed by atoms with Crippen LogP contribution in [0.1, 0.15) is 41.5 Å². The van der Waals surface area contributed by atoms with Gasteiger partial charge in [-0.2, -0.15) is 0 Å². The number of rotatable bonds is 3. The Hall–Kier alpha value is -1.35. The minimum Gasteiger partial charge on any atom is -0.375 e. The maximum Gasteiger partial charge on any atom is 0.180 e. The van der Waals surface area contributed by atoms with Crippen LogP contribution in [-0.4, -0.2) is 4.98 Å². The first-order valence-electron chi connectivity index (χ1n) is 5.87. The highest BCUT2D eigenvalue weighted by atomic mass is 32.1. The minimum atomic E-state index is 0.553. The Labute approximate surface area is 107 Å². The molecule has 2 rings (SSSR count). The molecule has 0 amide bonds. The van der Waals surface area contributed by atoms with E-state index in [1.807, 2.05) is 6.92 Å². The zero-order valence-corrected chi connectivity index (χ0v) is 11.3. The Morgan fingerprint density at radius 3 is 2.59 bits per heavy atom. The number of anilines is 1. The molecule has 0 bridgehead atoms. The fraction of sp³-hybridized carbons (Fsp3) is 0.357. The number of nitrogen functional groups attached to an aromatic ring is 1. The molecule has 0 spiro atoms. The van der Waals surface area contributed by atoms with Crippen LogP contribution in [0, 0.1) is 6.92 Å². The zero-order chi connectivity index (χ0) is 12.4. The van der Waals surface area contributed by atoms with Crippen LogP contribution in [0.5, 0.6) is 0 Å². The summed E-state index contributed by atoms with van der Waals surface area (Å²) in [6.45, 7) is 6.49. The molecule has 0 saturated heterocycles. The minimum absolute atomic E-state index is 0.553. The van der Waals surface area contributed by atoms with Gasteiger partial charge in [0, 0.05) is 11.3 Å². The van der Waals surface area contributed by atoms with Crippen molar-refractivity contribution in [2.75, 3.05) is 5.73 Å². The molecule has 90 valence electrons. The van der Waals surface area contributed by atoms with E-state index in [4.69, 9.17) is 5.73 Å². The van der Waals surface area contributed by atoms with Gasteiger partial charge in [-0.15, -0.1) is 11.3 Å². The lowest BCUT2D eigenvalue weighted by Crippen LogP contribution is -1.97. The largest absolute Gasteiger partial charge is 0.375 e. The Balaban J connectivity index is 2.33. The Morgan fingerprint density at radius 1 is 1.29 bits per heavy atom. The summed E-state index contributed by atoms with van der Waals surface area (Å²) < 4.78 is 0. The first kappa shape index (κ1) is 12.1. The maximum atomic E-state index is 5.74. The van der Waals surface area contributed by atoms with E-state index in [0.29, 0.717) is 11.0 Å². The molecule has 0 radical (unpaired) electrons. The third kappa shape index (κ3) is 2.67. The smallest absolute Gasteiger partial charge is 0.180 e. The second kappa shape index (κ2) is 4.88. The van der Waals surface area contributed by atoms with Crippen LogP contribution in [0.15, 0.2) is 24.3 Å². The summed E-state index contributed by atoms with van der Waals surface area (Å²) in [6, 6.07) is 8.61. The first-order chi connectivity index (χ1) is 8.08. The van der Waals surface area contributed by atoms with Gasteiger partial charge in [0.25, 0.3) is 0 Å². The molecule has 2 N–H and O–H groups in total. The van der Waals surface area contributed by atoms with Gasteiger partial charge in [0.2, 0.25) is 0 Å². The third-order valence-electron chi connectivity index (χ3n) is 2.94. The normalized spacial score (nSPS) is 11.1. The number of thiazole rings is 1. The van der Waals surface area contributed by atoms with Gasteiger partial charge in [-0.3, -0.25) is 0 Å². The van der Waals surface area contributed by atoms with Crippen LogP contribution in [-0.2, 0) is 6.42 Å². The number of aryl methyl sites for hydroxylation is 1. The topological polar surface area (TPSA) is 38.9 Å². The lowest BCUT2D eigenvalue weighted by Gasteiger charge is -2.11. The lowest BCUT2D eigenvalue weighted by atomic mass is 9.95. The van der Waals surface area contributed by atoms with Crippen LogP contribution in [0.2, 0.25) is 0 Å². The molecule has 0 saturated carbocycles. The predicted molar refractivity (Wildman–Crippen MR) is 74.6 cm³/mol. The second-order valence-electron chi connectivity index (χ2n) is 4.59. The lowest BCUT2D eigenvalue weighted by molar-refractivity contribution is 0.849.